The van der Waals surface area contributed by atoms with Gasteiger partial charge in [-0.2, -0.15) is 0 Å². The second-order valence-electron chi connectivity index (χ2n) is 8.79. The maximum Gasteiger partial charge on any atom is 0.243 e. The summed E-state index contributed by atoms with van der Waals surface area (Å²) in [6, 6.07) is 11.0. The van der Waals surface area contributed by atoms with Gasteiger partial charge in [0.1, 0.15) is 6.04 Å². The van der Waals surface area contributed by atoms with E-state index in [2.05, 4.69) is 24.6 Å². The Hall–Kier alpha value is -2.97. The Morgan fingerprint density at radius 3 is 2.38 bits per heavy atom. The van der Waals surface area contributed by atoms with Crippen molar-refractivity contribution in [2.75, 3.05) is 39.8 Å². The number of ether oxygens (including phenoxy) is 4. The molecule has 8 nitrogen and oxygen atoms in total. The molecular weight excluding hydrogens is 434 g/mol. The molecule has 8 heteroatoms. The van der Waals surface area contributed by atoms with Crippen LogP contribution in [0.25, 0.3) is 0 Å². The van der Waals surface area contributed by atoms with Crippen LogP contribution in [0, 0.1) is 5.92 Å². The summed E-state index contributed by atoms with van der Waals surface area (Å²) in [6.45, 7) is 6.24. The number of hydrogen-bond acceptors (Lipinski definition) is 7. The first-order chi connectivity index (χ1) is 16.4. The van der Waals surface area contributed by atoms with E-state index in [0.29, 0.717) is 36.3 Å². The van der Waals surface area contributed by atoms with Crippen LogP contribution >= 0.6 is 0 Å². The number of hydrazine groups is 1. The minimum Gasteiger partial charge on any atom is -0.493 e. The molecule has 1 amide bonds. The molecule has 2 aromatic rings. The number of carbonyl (C=O) groups excluding carboxylic acids is 1. The van der Waals surface area contributed by atoms with Gasteiger partial charge in [0.2, 0.25) is 5.91 Å². The average Bonchev–Trinajstić information content (AvgIpc) is 2.86. The van der Waals surface area contributed by atoms with Crippen molar-refractivity contribution >= 4 is 11.6 Å². The summed E-state index contributed by atoms with van der Waals surface area (Å²) in [5, 5.41) is 5.06. The van der Waals surface area contributed by atoms with Gasteiger partial charge in [-0.25, -0.2) is 5.01 Å². The second-order valence-corrected chi connectivity index (χ2v) is 8.79. The molecule has 0 saturated carbocycles. The third kappa shape index (κ3) is 6.77. The Morgan fingerprint density at radius 1 is 0.971 bits per heavy atom. The van der Waals surface area contributed by atoms with Crippen LogP contribution in [0.2, 0.25) is 0 Å². The molecular formula is C26H37N3O5. The van der Waals surface area contributed by atoms with Crippen molar-refractivity contribution in [3.05, 3.63) is 42.0 Å². The van der Waals surface area contributed by atoms with E-state index in [0.717, 1.165) is 42.9 Å². The van der Waals surface area contributed by atoms with Crippen molar-refractivity contribution in [3.8, 4) is 23.0 Å². The molecule has 0 aromatic heterocycles. The molecule has 1 fully saturated rings. The van der Waals surface area contributed by atoms with Gasteiger partial charge in [-0.1, -0.05) is 19.9 Å². The zero-order valence-corrected chi connectivity index (χ0v) is 20.8. The lowest BCUT2D eigenvalue weighted by Crippen LogP contribution is -2.53. The molecule has 3 rings (SSSR count). The fourth-order valence-corrected chi connectivity index (χ4v) is 3.93. The maximum absolute atomic E-state index is 13.1. The standard InChI is InChI=1S/C26H37N3O5/c1-18(2)17-34-25-14-19(9-11-23(25)32-4)16-27-29-13-7-6-8-21(29)26(30)28-20-10-12-22(31-3)24(15-20)33-5/h9-12,14-15,18,21,27H,6-8,13,16-17H2,1-5H3,(H,28,30). The number of amides is 1. The molecule has 1 aliphatic heterocycles. The van der Waals surface area contributed by atoms with Crippen molar-refractivity contribution in [2.45, 2.75) is 45.7 Å². The van der Waals surface area contributed by atoms with E-state index in [1.54, 1.807) is 33.5 Å². The van der Waals surface area contributed by atoms with E-state index in [4.69, 9.17) is 18.9 Å². The van der Waals surface area contributed by atoms with Crippen molar-refractivity contribution in [1.29, 1.82) is 0 Å². The molecule has 1 unspecified atom stereocenters. The zero-order chi connectivity index (χ0) is 24.5. The van der Waals surface area contributed by atoms with Crippen LogP contribution in [0.4, 0.5) is 5.69 Å². The molecule has 1 aliphatic rings. The van der Waals surface area contributed by atoms with Crippen molar-refractivity contribution in [2.24, 2.45) is 5.92 Å². The van der Waals surface area contributed by atoms with Gasteiger partial charge < -0.3 is 24.3 Å². The predicted octanol–water partition coefficient (Wildman–Crippen LogP) is 4.25. The lowest BCUT2D eigenvalue weighted by molar-refractivity contribution is -0.124. The van der Waals surface area contributed by atoms with Crippen LogP contribution in [-0.4, -0.2) is 51.4 Å². The number of hydrogen-bond donors (Lipinski definition) is 2. The first kappa shape index (κ1) is 25.6. The van der Waals surface area contributed by atoms with Crippen LogP contribution in [0.1, 0.15) is 38.7 Å². The van der Waals surface area contributed by atoms with Crippen LogP contribution in [-0.2, 0) is 11.3 Å². The van der Waals surface area contributed by atoms with E-state index < -0.39 is 0 Å². The number of anilines is 1. The molecule has 186 valence electrons. The van der Waals surface area contributed by atoms with Gasteiger partial charge in [0, 0.05) is 24.8 Å². The number of piperidine rings is 1. The minimum atomic E-state index is -0.267. The Morgan fingerprint density at radius 2 is 1.68 bits per heavy atom. The van der Waals surface area contributed by atoms with Crippen molar-refractivity contribution < 1.29 is 23.7 Å². The van der Waals surface area contributed by atoms with Gasteiger partial charge in [0.15, 0.2) is 23.0 Å². The lowest BCUT2D eigenvalue weighted by atomic mass is 10.0. The number of methoxy groups -OCH3 is 3. The maximum atomic E-state index is 13.1. The van der Waals surface area contributed by atoms with Gasteiger partial charge in [-0.05, 0) is 55.0 Å². The van der Waals surface area contributed by atoms with Gasteiger partial charge >= 0.3 is 0 Å². The Balaban J connectivity index is 1.65. The summed E-state index contributed by atoms with van der Waals surface area (Å²) in [7, 11) is 4.81. The highest BCUT2D eigenvalue weighted by Crippen LogP contribution is 2.31. The third-order valence-electron chi connectivity index (χ3n) is 5.74. The summed E-state index contributed by atoms with van der Waals surface area (Å²) in [4.78, 5) is 13.1. The van der Waals surface area contributed by atoms with Gasteiger partial charge in [-0.3, -0.25) is 10.2 Å². The van der Waals surface area contributed by atoms with E-state index in [-0.39, 0.29) is 11.9 Å². The Labute approximate surface area is 202 Å². The summed E-state index contributed by atoms with van der Waals surface area (Å²) >= 11 is 0. The number of rotatable bonds is 11. The van der Waals surface area contributed by atoms with Crippen molar-refractivity contribution in [1.82, 2.24) is 10.4 Å². The summed E-state index contributed by atoms with van der Waals surface area (Å²) in [5.74, 6) is 3.03. The SMILES string of the molecule is COc1ccc(NC(=O)C2CCCCN2NCc2ccc(OC)c(OCC(C)C)c2)cc1OC. The molecule has 1 heterocycles. The van der Waals surface area contributed by atoms with Crippen molar-refractivity contribution in [3.63, 3.8) is 0 Å². The number of carbonyl (C=O) groups is 1. The molecule has 0 aliphatic carbocycles. The van der Waals surface area contributed by atoms with Crippen LogP contribution in [0.15, 0.2) is 36.4 Å². The highest BCUT2D eigenvalue weighted by molar-refractivity contribution is 5.95. The molecule has 0 spiro atoms. The topological polar surface area (TPSA) is 81.3 Å². The lowest BCUT2D eigenvalue weighted by Gasteiger charge is -2.35. The van der Waals surface area contributed by atoms with Gasteiger partial charge in [0.05, 0.1) is 27.9 Å². The molecule has 34 heavy (non-hydrogen) atoms. The largest absolute Gasteiger partial charge is 0.493 e. The van der Waals surface area contributed by atoms with E-state index >= 15 is 0 Å². The minimum absolute atomic E-state index is 0.0462. The highest BCUT2D eigenvalue weighted by Gasteiger charge is 2.29. The number of nitrogens with zero attached hydrogens (tertiary/aromatic N) is 1. The molecule has 1 atom stereocenters. The first-order valence-electron chi connectivity index (χ1n) is 11.8. The predicted molar refractivity (Wildman–Crippen MR) is 133 cm³/mol. The number of nitrogens with one attached hydrogen (secondary N) is 2. The van der Waals surface area contributed by atoms with Crippen LogP contribution in [0.3, 0.4) is 0 Å². The Kier molecular flexibility index (Phi) is 9.42. The molecule has 0 radical (unpaired) electrons. The quantitative estimate of drug-likeness (QED) is 0.507. The first-order valence-corrected chi connectivity index (χ1v) is 11.8. The summed E-state index contributed by atoms with van der Waals surface area (Å²) in [5.41, 5.74) is 5.19. The van der Waals surface area contributed by atoms with Gasteiger partial charge in [-0.15, -0.1) is 0 Å². The fraction of sp³-hybridized carbons (Fsp3) is 0.500. The zero-order valence-electron chi connectivity index (χ0n) is 20.8. The van der Waals surface area contributed by atoms with Crippen LogP contribution < -0.4 is 29.7 Å². The number of benzene rings is 2. The van der Waals surface area contributed by atoms with E-state index in [9.17, 15) is 4.79 Å². The smallest absolute Gasteiger partial charge is 0.243 e. The van der Waals surface area contributed by atoms with Gasteiger partial charge in [0.25, 0.3) is 0 Å². The molecule has 2 aromatic carbocycles. The average molecular weight is 472 g/mol. The summed E-state index contributed by atoms with van der Waals surface area (Å²) in [6.07, 6.45) is 2.84. The van der Waals surface area contributed by atoms with E-state index in [1.807, 2.05) is 29.3 Å². The monoisotopic (exact) mass is 471 g/mol. The van der Waals surface area contributed by atoms with Crippen LogP contribution in [0.5, 0.6) is 23.0 Å². The molecule has 0 bridgehead atoms. The second kappa shape index (κ2) is 12.5. The fourth-order valence-electron chi connectivity index (χ4n) is 3.93. The highest BCUT2D eigenvalue weighted by atomic mass is 16.5. The summed E-state index contributed by atoms with van der Waals surface area (Å²) < 4.78 is 22.0. The molecule has 1 saturated heterocycles. The van der Waals surface area contributed by atoms with E-state index in [1.165, 1.54) is 0 Å². The Bertz CT molecular complexity index is 950. The molecule has 2 N–H and O–H groups in total. The third-order valence-corrected chi connectivity index (χ3v) is 5.74. The normalized spacial score (nSPS) is 16.2.